The summed E-state index contributed by atoms with van der Waals surface area (Å²) in [6.07, 6.45) is 0.713. The van der Waals surface area contributed by atoms with E-state index in [1.165, 1.54) is 5.92 Å². The minimum atomic E-state index is -1.77. The molecule has 1 aromatic carbocycles. The number of benzene rings is 1. The average Bonchev–Trinajstić information content (AvgIpc) is 2.60. The second kappa shape index (κ2) is 8.82. The molecule has 0 bridgehead atoms. The van der Waals surface area contributed by atoms with Gasteiger partial charge in [-0.25, -0.2) is 0 Å². The van der Waals surface area contributed by atoms with Crippen LogP contribution in [0.4, 0.5) is 0 Å². The minimum absolute atomic E-state index is 0.201. The summed E-state index contributed by atoms with van der Waals surface area (Å²) in [5.41, 5.74) is 1.84. The average molecular weight is 404 g/mol. The fraction of sp³-hybridized carbons (Fsp3) is 0.625. The Labute approximate surface area is 173 Å². The zero-order valence-electron chi connectivity index (χ0n) is 18.8. The molecule has 0 spiro atoms. The molecule has 0 saturated heterocycles. The quantitative estimate of drug-likeness (QED) is 0.576. The van der Waals surface area contributed by atoms with E-state index in [0.717, 1.165) is 17.6 Å². The summed E-state index contributed by atoms with van der Waals surface area (Å²) < 4.78 is 12.5. The fourth-order valence-corrected chi connectivity index (χ4v) is 4.67. The predicted octanol–water partition coefficient (Wildman–Crippen LogP) is 5.91. The maximum Gasteiger partial charge on any atom is 0.191 e. The Bertz CT molecular complexity index is 646. The van der Waals surface area contributed by atoms with Gasteiger partial charge in [0.15, 0.2) is 8.32 Å². The molecule has 28 heavy (non-hydrogen) atoms. The zero-order chi connectivity index (χ0) is 21.2. The molecule has 3 nitrogen and oxygen atoms in total. The number of ether oxygens (including phenoxy) is 1. The van der Waals surface area contributed by atoms with E-state index in [-0.39, 0.29) is 16.6 Å². The van der Waals surface area contributed by atoms with E-state index in [1.54, 1.807) is 0 Å². The van der Waals surface area contributed by atoms with Crippen molar-refractivity contribution >= 4 is 8.32 Å². The first kappa shape index (κ1) is 23.3. The van der Waals surface area contributed by atoms with Crippen molar-refractivity contribution in [2.75, 3.05) is 6.61 Å². The van der Waals surface area contributed by atoms with Crippen LogP contribution in [0.1, 0.15) is 53.0 Å². The van der Waals surface area contributed by atoms with Crippen molar-refractivity contribution < 1.29 is 14.3 Å². The third kappa shape index (κ3) is 5.35. The van der Waals surface area contributed by atoms with Gasteiger partial charge in [-0.05, 0) is 36.5 Å². The molecular weight excluding hydrogens is 364 g/mol. The van der Waals surface area contributed by atoms with Gasteiger partial charge in [-0.3, -0.25) is 0 Å². The van der Waals surface area contributed by atoms with Crippen molar-refractivity contribution in [2.45, 2.75) is 84.4 Å². The molecule has 0 amide bonds. The number of hydrogen-bond acceptors (Lipinski definition) is 3. The highest BCUT2D eigenvalue weighted by Gasteiger charge is 2.47. The maximum atomic E-state index is 11.0. The topological polar surface area (TPSA) is 38.7 Å². The monoisotopic (exact) mass is 403 g/mol. The summed E-state index contributed by atoms with van der Waals surface area (Å²) in [7, 11) is -1.77. The Balaban J connectivity index is 1.97. The van der Waals surface area contributed by atoms with Gasteiger partial charge in [0.2, 0.25) is 0 Å². The van der Waals surface area contributed by atoms with Gasteiger partial charge < -0.3 is 14.3 Å². The van der Waals surface area contributed by atoms with Crippen LogP contribution < -0.4 is 0 Å². The number of rotatable bonds is 7. The lowest BCUT2D eigenvalue weighted by Crippen LogP contribution is -2.50. The SMILES string of the molecule is C=C1C[C@H](OCc2ccccc2)[C@H](O)C(C)(C)[C]1CCO[Si](C)(C)C(C)(C)C. The van der Waals surface area contributed by atoms with Crippen molar-refractivity contribution in [1.82, 2.24) is 0 Å². The molecule has 0 aromatic heterocycles. The molecule has 2 rings (SSSR count). The highest BCUT2D eigenvalue weighted by molar-refractivity contribution is 6.74. The molecule has 2 atom stereocenters. The normalized spacial score (nSPS) is 23.8. The molecule has 1 aliphatic rings. The molecule has 1 aromatic rings. The summed E-state index contributed by atoms with van der Waals surface area (Å²) in [5, 5.41) is 11.2. The van der Waals surface area contributed by atoms with Crippen LogP contribution in [0.5, 0.6) is 0 Å². The summed E-state index contributed by atoms with van der Waals surface area (Å²) in [4.78, 5) is 0. The van der Waals surface area contributed by atoms with Crippen molar-refractivity contribution in [3.8, 4) is 0 Å². The zero-order valence-corrected chi connectivity index (χ0v) is 19.8. The Morgan fingerprint density at radius 3 is 2.36 bits per heavy atom. The Morgan fingerprint density at radius 1 is 1.18 bits per heavy atom. The van der Waals surface area contributed by atoms with E-state index in [0.29, 0.717) is 19.6 Å². The molecule has 1 N–H and O–H groups in total. The van der Waals surface area contributed by atoms with Gasteiger partial charge >= 0.3 is 0 Å². The van der Waals surface area contributed by atoms with E-state index in [4.69, 9.17) is 9.16 Å². The molecule has 0 aliphatic heterocycles. The van der Waals surface area contributed by atoms with Crippen molar-refractivity contribution in [2.24, 2.45) is 5.41 Å². The van der Waals surface area contributed by atoms with Gasteiger partial charge in [0, 0.05) is 17.9 Å². The van der Waals surface area contributed by atoms with Gasteiger partial charge in [-0.2, -0.15) is 0 Å². The Morgan fingerprint density at radius 2 is 1.79 bits per heavy atom. The largest absolute Gasteiger partial charge is 0.417 e. The Hall–Kier alpha value is -0.943. The highest BCUT2D eigenvalue weighted by Crippen LogP contribution is 2.48. The fourth-order valence-electron chi connectivity index (χ4n) is 3.63. The second-order valence-electron chi connectivity index (χ2n) is 10.1. The molecule has 0 unspecified atom stereocenters. The second-order valence-corrected chi connectivity index (χ2v) is 15.0. The third-order valence-corrected chi connectivity index (χ3v) is 11.2. The van der Waals surface area contributed by atoms with Gasteiger partial charge in [0.25, 0.3) is 0 Å². The van der Waals surface area contributed by atoms with Crippen LogP contribution in [0.25, 0.3) is 0 Å². The molecule has 1 saturated carbocycles. The molecule has 1 fully saturated rings. The van der Waals surface area contributed by atoms with Crippen LogP contribution >= 0.6 is 0 Å². The summed E-state index contributed by atoms with van der Waals surface area (Å²) in [6, 6.07) is 10.1. The molecule has 4 heteroatoms. The summed E-state index contributed by atoms with van der Waals surface area (Å²) >= 11 is 0. The van der Waals surface area contributed by atoms with Crippen LogP contribution in [-0.2, 0) is 15.8 Å². The van der Waals surface area contributed by atoms with Crippen LogP contribution in [0, 0.1) is 11.3 Å². The molecule has 1 aliphatic carbocycles. The van der Waals surface area contributed by atoms with Crippen LogP contribution in [0.15, 0.2) is 42.5 Å². The lowest BCUT2D eigenvalue weighted by Gasteiger charge is -2.47. The summed E-state index contributed by atoms with van der Waals surface area (Å²) in [6.45, 7) is 21.1. The van der Waals surface area contributed by atoms with E-state index >= 15 is 0 Å². The smallest absolute Gasteiger partial charge is 0.191 e. The number of aliphatic hydroxyl groups is 1. The number of hydrogen-bond donors (Lipinski definition) is 1. The molecular formula is C24H39O3Si. The highest BCUT2D eigenvalue weighted by atomic mass is 28.4. The van der Waals surface area contributed by atoms with Gasteiger partial charge in [-0.15, -0.1) is 0 Å². The predicted molar refractivity (Wildman–Crippen MR) is 120 cm³/mol. The standard InChI is InChI=1S/C24H39O3Si/c1-18-16-21(26-17-19-12-10-9-11-13-19)22(25)24(5,6)20(18)14-15-27-28(7,8)23(2,3)4/h9-13,21-22,25H,1,14-17H2,2-8H3/t21-,22-/m0/s1. The van der Waals surface area contributed by atoms with Gasteiger partial charge in [0.05, 0.1) is 18.8 Å². The number of aliphatic hydroxyl groups excluding tert-OH is 1. The van der Waals surface area contributed by atoms with Crippen LogP contribution in [0.3, 0.4) is 0 Å². The first-order valence-corrected chi connectivity index (χ1v) is 13.3. The molecule has 157 valence electrons. The van der Waals surface area contributed by atoms with E-state index in [2.05, 4.69) is 54.3 Å². The summed E-state index contributed by atoms with van der Waals surface area (Å²) in [5.74, 6) is 1.22. The molecule has 0 heterocycles. The lowest BCUT2D eigenvalue weighted by atomic mass is 9.63. The lowest BCUT2D eigenvalue weighted by molar-refractivity contribution is -0.0996. The minimum Gasteiger partial charge on any atom is -0.417 e. The van der Waals surface area contributed by atoms with Crippen molar-refractivity contribution in [1.29, 1.82) is 0 Å². The van der Waals surface area contributed by atoms with E-state index in [9.17, 15) is 5.11 Å². The first-order chi connectivity index (χ1) is 12.9. The van der Waals surface area contributed by atoms with Crippen molar-refractivity contribution in [3.63, 3.8) is 0 Å². The van der Waals surface area contributed by atoms with E-state index < -0.39 is 14.4 Å². The first-order valence-electron chi connectivity index (χ1n) is 10.4. The molecule has 1 radical (unpaired) electrons. The van der Waals surface area contributed by atoms with E-state index in [1.807, 2.05) is 30.3 Å². The third-order valence-electron chi connectivity index (χ3n) is 6.67. The Kier molecular flexibility index (Phi) is 7.35. The van der Waals surface area contributed by atoms with Crippen LogP contribution in [-0.4, -0.2) is 32.2 Å². The van der Waals surface area contributed by atoms with Crippen molar-refractivity contribution in [3.05, 3.63) is 54.0 Å². The maximum absolute atomic E-state index is 11.0. The van der Waals surface area contributed by atoms with Gasteiger partial charge in [0.1, 0.15) is 0 Å². The van der Waals surface area contributed by atoms with Gasteiger partial charge in [-0.1, -0.05) is 77.1 Å². The van der Waals surface area contributed by atoms with Crippen LogP contribution in [0.2, 0.25) is 18.1 Å².